The second-order valence-corrected chi connectivity index (χ2v) is 10.8. The van der Waals surface area contributed by atoms with Crippen LogP contribution in [-0.2, 0) is 4.79 Å². The molecule has 0 radical (unpaired) electrons. The first-order chi connectivity index (χ1) is 17.3. The number of allylic oxidation sites excluding steroid dienone is 4. The molecule has 7 nitrogen and oxygen atoms in total. The molecule has 4 heterocycles. The Bertz CT molecular complexity index is 1380. The van der Waals surface area contributed by atoms with Gasteiger partial charge in [0.25, 0.3) is 0 Å². The summed E-state index contributed by atoms with van der Waals surface area (Å²) in [6, 6.07) is 6.18. The molecule has 2 unspecified atom stereocenters. The normalized spacial score (nSPS) is 24.1. The van der Waals surface area contributed by atoms with Crippen molar-refractivity contribution in [2.24, 2.45) is 22.4 Å². The Labute approximate surface area is 212 Å². The van der Waals surface area contributed by atoms with Gasteiger partial charge in [-0.2, -0.15) is 5.10 Å². The second kappa shape index (κ2) is 8.22. The van der Waals surface area contributed by atoms with Crippen molar-refractivity contribution in [3.05, 3.63) is 59.3 Å². The summed E-state index contributed by atoms with van der Waals surface area (Å²) in [7, 11) is 1.69. The maximum Gasteiger partial charge on any atom is 0.245 e. The number of methoxy groups -OCH3 is 1. The molecule has 0 saturated carbocycles. The summed E-state index contributed by atoms with van der Waals surface area (Å²) in [4.78, 5) is 21.6. The van der Waals surface area contributed by atoms with Crippen molar-refractivity contribution in [1.82, 2.24) is 15.3 Å². The SMILES string of the molecule is C=CC(=O)N1CC2(CCN(c3nc4cc(OC)ccc4c(C4=C5NN=CC5C(C)C=C4C)c3C)C2)C1. The number of carbonyl (C=O) groups excluding carboxylic acids is 1. The van der Waals surface area contributed by atoms with Gasteiger partial charge in [0.2, 0.25) is 5.91 Å². The minimum Gasteiger partial charge on any atom is -0.497 e. The van der Waals surface area contributed by atoms with E-state index in [9.17, 15) is 4.79 Å². The molecule has 6 rings (SSSR count). The molecule has 2 aromatic rings. The molecule has 2 atom stereocenters. The van der Waals surface area contributed by atoms with Crippen molar-refractivity contribution in [3.8, 4) is 5.75 Å². The minimum absolute atomic E-state index is 0.0246. The van der Waals surface area contributed by atoms with Crippen LogP contribution in [0.25, 0.3) is 16.5 Å². The monoisotopic (exact) mass is 483 g/mol. The van der Waals surface area contributed by atoms with Crippen molar-refractivity contribution < 1.29 is 9.53 Å². The number of amides is 1. The molecule has 1 amide bonds. The van der Waals surface area contributed by atoms with E-state index in [-0.39, 0.29) is 17.2 Å². The van der Waals surface area contributed by atoms with Crippen LogP contribution in [0.5, 0.6) is 5.75 Å². The molecule has 186 valence electrons. The summed E-state index contributed by atoms with van der Waals surface area (Å²) in [6.07, 6.45) is 6.87. The van der Waals surface area contributed by atoms with Gasteiger partial charge in [-0.1, -0.05) is 19.6 Å². The van der Waals surface area contributed by atoms with Crippen LogP contribution in [-0.4, -0.2) is 55.3 Å². The summed E-state index contributed by atoms with van der Waals surface area (Å²) in [5, 5.41) is 5.56. The maximum atomic E-state index is 12.1. The molecule has 1 aliphatic carbocycles. The Balaban J connectivity index is 1.47. The first-order valence-corrected chi connectivity index (χ1v) is 12.7. The number of carbonyl (C=O) groups is 1. The number of fused-ring (bicyclic) bond motifs is 2. The molecular formula is C29H33N5O2. The topological polar surface area (TPSA) is 70.1 Å². The Kier molecular flexibility index (Phi) is 5.21. The molecular weight excluding hydrogens is 450 g/mol. The third kappa shape index (κ3) is 3.36. The lowest BCUT2D eigenvalue weighted by Gasteiger charge is -2.47. The van der Waals surface area contributed by atoms with Gasteiger partial charge < -0.3 is 14.5 Å². The number of ether oxygens (including phenoxy) is 1. The van der Waals surface area contributed by atoms with Gasteiger partial charge in [0.1, 0.15) is 11.6 Å². The molecule has 36 heavy (non-hydrogen) atoms. The van der Waals surface area contributed by atoms with E-state index in [0.717, 1.165) is 55.1 Å². The van der Waals surface area contributed by atoms with E-state index in [2.05, 4.69) is 54.9 Å². The van der Waals surface area contributed by atoms with E-state index in [1.54, 1.807) is 7.11 Å². The fourth-order valence-electron chi connectivity index (χ4n) is 6.59. The lowest BCUT2D eigenvalue weighted by molar-refractivity contribution is -0.136. The summed E-state index contributed by atoms with van der Waals surface area (Å²) < 4.78 is 5.56. The zero-order valence-electron chi connectivity index (χ0n) is 21.5. The van der Waals surface area contributed by atoms with Crippen molar-refractivity contribution >= 4 is 34.4 Å². The van der Waals surface area contributed by atoms with Gasteiger partial charge in [-0.05, 0) is 55.5 Å². The van der Waals surface area contributed by atoms with Crippen LogP contribution in [0.4, 0.5) is 5.82 Å². The molecule has 1 spiro atoms. The Hall–Kier alpha value is -3.61. The number of hydrogen-bond acceptors (Lipinski definition) is 6. The average Bonchev–Trinajstić information content (AvgIpc) is 3.51. The lowest BCUT2D eigenvalue weighted by atomic mass is 9.78. The fraction of sp³-hybridized carbons (Fsp3) is 0.414. The summed E-state index contributed by atoms with van der Waals surface area (Å²) in [5.74, 6) is 2.50. The van der Waals surface area contributed by atoms with Crippen LogP contribution in [0.2, 0.25) is 0 Å². The Morgan fingerprint density at radius 2 is 2.08 bits per heavy atom. The van der Waals surface area contributed by atoms with E-state index < -0.39 is 0 Å². The molecule has 1 aromatic heterocycles. The minimum atomic E-state index is 0.0246. The number of likely N-dealkylation sites (tertiary alicyclic amines) is 1. The second-order valence-electron chi connectivity index (χ2n) is 10.8. The van der Waals surface area contributed by atoms with Gasteiger partial charge in [0.05, 0.1) is 18.3 Å². The number of benzene rings is 1. The lowest BCUT2D eigenvalue weighted by Crippen LogP contribution is -2.59. The van der Waals surface area contributed by atoms with Crippen molar-refractivity contribution in [3.63, 3.8) is 0 Å². The van der Waals surface area contributed by atoms with Crippen LogP contribution in [0.15, 0.2) is 53.3 Å². The molecule has 7 heteroatoms. The summed E-state index contributed by atoms with van der Waals surface area (Å²) >= 11 is 0. The largest absolute Gasteiger partial charge is 0.497 e. The quantitative estimate of drug-likeness (QED) is 0.657. The third-order valence-corrected chi connectivity index (χ3v) is 8.43. The van der Waals surface area contributed by atoms with Gasteiger partial charge in [0.15, 0.2) is 0 Å². The highest BCUT2D eigenvalue weighted by Crippen LogP contribution is 2.46. The molecule has 2 fully saturated rings. The number of rotatable bonds is 4. The van der Waals surface area contributed by atoms with Crippen molar-refractivity contribution in [1.29, 1.82) is 0 Å². The molecule has 3 aliphatic heterocycles. The van der Waals surface area contributed by atoms with Gasteiger partial charge in [-0.3, -0.25) is 10.2 Å². The van der Waals surface area contributed by atoms with E-state index in [1.165, 1.54) is 34.0 Å². The van der Waals surface area contributed by atoms with E-state index in [4.69, 9.17) is 9.72 Å². The van der Waals surface area contributed by atoms with Gasteiger partial charge >= 0.3 is 0 Å². The van der Waals surface area contributed by atoms with E-state index in [0.29, 0.717) is 5.92 Å². The van der Waals surface area contributed by atoms with E-state index >= 15 is 0 Å². The zero-order valence-corrected chi connectivity index (χ0v) is 21.5. The van der Waals surface area contributed by atoms with E-state index in [1.807, 2.05) is 23.2 Å². The first kappa shape index (κ1) is 22.8. The van der Waals surface area contributed by atoms with Crippen molar-refractivity contribution in [2.75, 3.05) is 38.2 Å². The number of hydrazone groups is 1. The molecule has 0 bridgehead atoms. The molecule has 4 aliphatic rings. The number of nitrogens with one attached hydrogen (secondary N) is 1. The van der Waals surface area contributed by atoms with Crippen molar-refractivity contribution in [2.45, 2.75) is 27.2 Å². The maximum absolute atomic E-state index is 12.1. The predicted molar refractivity (Wildman–Crippen MR) is 144 cm³/mol. The molecule has 2 saturated heterocycles. The number of pyridine rings is 1. The highest BCUT2D eigenvalue weighted by atomic mass is 16.5. The molecule has 1 aromatic carbocycles. The van der Waals surface area contributed by atoms with Crippen LogP contribution >= 0.6 is 0 Å². The van der Waals surface area contributed by atoms with Crippen LogP contribution in [0.3, 0.4) is 0 Å². The van der Waals surface area contributed by atoms with Crippen LogP contribution in [0.1, 0.15) is 31.4 Å². The highest BCUT2D eigenvalue weighted by molar-refractivity contribution is 6.01. The first-order valence-electron chi connectivity index (χ1n) is 12.7. The highest BCUT2D eigenvalue weighted by Gasteiger charge is 2.49. The standard InChI is InChI=1S/C29H33N5O2/c1-6-24(35)34-15-29(16-34)9-10-33(14-29)28-19(4)26(21-8-7-20(36-5)12-23(21)31-28)25-18(3)11-17(2)22-13-30-32-27(22)25/h6-8,11-13,17,22,32H,1,9-10,14-16H2,2-5H3. The number of aromatic nitrogens is 1. The van der Waals surface area contributed by atoms with Crippen LogP contribution in [0, 0.1) is 24.2 Å². The Morgan fingerprint density at radius 1 is 1.28 bits per heavy atom. The Morgan fingerprint density at radius 3 is 2.83 bits per heavy atom. The number of anilines is 1. The van der Waals surface area contributed by atoms with Crippen LogP contribution < -0.4 is 15.1 Å². The number of hydrogen-bond donors (Lipinski definition) is 1. The fourth-order valence-corrected chi connectivity index (χ4v) is 6.59. The van der Waals surface area contributed by atoms with Gasteiger partial charge in [-0.15, -0.1) is 0 Å². The predicted octanol–water partition coefficient (Wildman–Crippen LogP) is 4.29. The summed E-state index contributed by atoms with van der Waals surface area (Å²) in [5.41, 5.74) is 10.5. The number of nitrogens with zero attached hydrogens (tertiary/aromatic N) is 4. The smallest absolute Gasteiger partial charge is 0.245 e. The average molecular weight is 484 g/mol. The van der Waals surface area contributed by atoms with Gasteiger partial charge in [-0.25, -0.2) is 4.98 Å². The summed E-state index contributed by atoms with van der Waals surface area (Å²) in [6.45, 7) is 13.7. The molecule has 1 N–H and O–H groups in total. The third-order valence-electron chi connectivity index (χ3n) is 8.43. The van der Waals surface area contributed by atoms with Gasteiger partial charge in [0, 0.05) is 66.3 Å². The zero-order chi connectivity index (χ0) is 25.2.